The Bertz CT molecular complexity index is 504. The Hall–Kier alpha value is -1.88. The minimum absolute atomic E-state index is 0.0643. The van der Waals surface area contributed by atoms with Crippen molar-refractivity contribution in [2.24, 2.45) is 11.1 Å². The fraction of sp³-hybridized carbons (Fsp3) is 0.429. The summed E-state index contributed by atoms with van der Waals surface area (Å²) in [6, 6.07) is 4.12. The Labute approximate surface area is 112 Å². The molecule has 0 aromatic heterocycles. The third-order valence-corrected chi connectivity index (χ3v) is 2.88. The van der Waals surface area contributed by atoms with Crippen LogP contribution in [-0.2, 0) is 4.79 Å². The number of carbonyl (C=O) groups is 2. The zero-order valence-corrected chi connectivity index (χ0v) is 11.7. The Kier molecular flexibility index (Phi) is 4.32. The molecule has 0 aliphatic carbocycles. The first-order valence-corrected chi connectivity index (χ1v) is 6.03. The van der Waals surface area contributed by atoms with E-state index in [0.717, 1.165) is 5.56 Å². The highest BCUT2D eigenvalue weighted by Gasteiger charge is 2.28. The first-order chi connectivity index (χ1) is 8.62. The monoisotopic (exact) mass is 264 g/mol. The van der Waals surface area contributed by atoms with Gasteiger partial charge < -0.3 is 16.2 Å². The lowest BCUT2D eigenvalue weighted by atomic mass is 9.87. The van der Waals surface area contributed by atoms with Crippen LogP contribution in [-0.4, -0.2) is 23.0 Å². The summed E-state index contributed by atoms with van der Waals surface area (Å²) < 4.78 is 0. The molecule has 1 aromatic carbocycles. The first kappa shape index (κ1) is 15.2. The van der Waals surface area contributed by atoms with Crippen LogP contribution >= 0.6 is 0 Å². The van der Waals surface area contributed by atoms with Gasteiger partial charge in [0.05, 0.1) is 17.3 Å². The van der Waals surface area contributed by atoms with Crippen LogP contribution in [0.3, 0.4) is 0 Å². The zero-order chi connectivity index (χ0) is 14.8. The van der Waals surface area contributed by atoms with E-state index in [9.17, 15) is 9.59 Å². The number of nitrogens with two attached hydrogens (primary N) is 1. The van der Waals surface area contributed by atoms with Gasteiger partial charge >= 0.3 is 5.97 Å². The molecule has 0 saturated heterocycles. The molecule has 104 valence electrons. The van der Waals surface area contributed by atoms with Crippen LogP contribution in [0.25, 0.3) is 0 Å². The SMILES string of the molecule is Cc1ccc(NC(=O)[C@H](N)C(C)(C)C)c(C(=O)O)c1. The molecule has 1 rings (SSSR count). The summed E-state index contributed by atoms with van der Waals surface area (Å²) in [7, 11) is 0. The van der Waals surface area contributed by atoms with Crippen molar-refractivity contribution in [3.8, 4) is 0 Å². The van der Waals surface area contributed by atoms with Gasteiger partial charge in [-0.3, -0.25) is 4.79 Å². The molecule has 0 bridgehead atoms. The number of aryl methyl sites for hydroxylation is 1. The average Bonchev–Trinajstić information content (AvgIpc) is 2.28. The summed E-state index contributed by atoms with van der Waals surface area (Å²) in [5.74, 6) is -1.47. The number of rotatable bonds is 3. The second-order valence-electron chi connectivity index (χ2n) is 5.69. The Morgan fingerprint density at radius 3 is 2.37 bits per heavy atom. The molecule has 0 saturated carbocycles. The van der Waals surface area contributed by atoms with Gasteiger partial charge in [-0.1, -0.05) is 32.4 Å². The maximum atomic E-state index is 12.0. The van der Waals surface area contributed by atoms with E-state index >= 15 is 0 Å². The summed E-state index contributed by atoms with van der Waals surface area (Å²) in [6.45, 7) is 7.35. The lowest BCUT2D eigenvalue weighted by molar-refractivity contribution is -0.119. The maximum absolute atomic E-state index is 12.0. The lowest BCUT2D eigenvalue weighted by Gasteiger charge is -2.26. The third-order valence-electron chi connectivity index (χ3n) is 2.88. The molecule has 4 N–H and O–H groups in total. The largest absolute Gasteiger partial charge is 0.478 e. The van der Waals surface area contributed by atoms with Gasteiger partial charge in [-0.05, 0) is 24.5 Å². The Morgan fingerprint density at radius 2 is 1.89 bits per heavy atom. The predicted molar refractivity (Wildman–Crippen MR) is 74.2 cm³/mol. The topological polar surface area (TPSA) is 92.4 Å². The molecule has 0 heterocycles. The van der Waals surface area contributed by atoms with E-state index in [-0.39, 0.29) is 17.2 Å². The van der Waals surface area contributed by atoms with Crippen LogP contribution in [0.15, 0.2) is 18.2 Å². The second-order valence-corrected chi connectivity index (χ2v) is 5.69. The number of benzene rings is 1. The van der Waals surface area contributed by atoms with Crippen LogP contribution in [0.4, 0.5) is 5.69 Å². The van der Waals surface area contributed by atoms with Gasteiger partial charge in [0.25, 0.3) is 0 Å². The van der Waals surface area contributed by atoms with Gasteiger partial charge in [0.15, 0.2) is 0 Å². The minimum atomic E-state index is -1.08. The maximum Gasteiger partial charge on any atom is 0.337 e. The fourth-order valence-corrected chi connectivity index (χ4v) is 1.55. The zero-order valence-electron chi connectivity index (χ0n) is 11.7. The molecule has 1 atom stereocenters. The highest BCUT2D eigenvalue weighted by atomic mass is 16.4. The van der Waals surface area contributed by atoms with Crippen molar-refractivity contribution in [3.05, 3.63) is 29.3 Å². The molecule has 0 radical (unpaired) electrons. The van der Waals surface area contributed by atoms with E-state index in [4.69, 9.17) is 10.8 Å². The van der Waals surface area contributed by atoms with Crippen molar-refractivity contribution in [1.82, 2.24) is 0 Å². The van der Waals surface area contributed by atoms with Crippen molar-refractivity contribution < 1.29 is 14.7 Å². The van der Waals surface area contributed by atoms with Crippen molar-refractivity contribution in [1.29, 1.82) is 0 Å². The van der Waals surface area contributed by atoms with E-state index in [1.165, 1.54) is 6.07 Å². The van der Waals surface area contributed by atoms with Crippen molar-refractivity contribution in [2.45, 2.75) is 33.7 Å². The van der Waals surface area contributed by atoms with Crippen LogP contribution in [0.2, 0.25) is 0 Å². The van der Waals surface area contributed by atoms with Crippen molar-refractivity contribution in [3.63, 3.8) is 0 Å². The van der Waals surface area contributed by atoms with Gasteiger partial charge in [0, 0.05) is 0 Å². The Morgan fingerprint density at radius 1 is 1.32 bits per heavy atom. The highest BCUT2D eigenvalue weighted by Crippen LogP contribution is 2.21. The quantitative estimate of drug-likeness (QED) is 0.778. The number of anilines is 1. The number of aromatic carboxylic acids is 1. The molecule has 0 aliphatic heterocycles. The average molecular weight is 264 g/mol. The molecule has 0 unspecified atom stereocenters. The number of hydrogen-bond donors (Lipinski definition) is 3. The van der Waals surface area contributed by atoms with Gasteiger partial charge in [-0.25, -0.2) is 4.79 Å². The number of nitrogens with one attached hydrogen (secondary N) is 1. The third kappa shape index (κ3) is 3.79. The standard InChI is InChI=1S/C14H20N2O3/c1-8-5-6-10(9(7-8)13(18)19)16-12(17)11(15)14(2,3)4/h5-7,11H,15H2,1-4H3,(H,16,17)(H,18,19)/t11-/m0/s1. The van der Waals surface area contributed by atoms with Crippen molar-refractivity contribution >= 4 is 17.6 Å². The summed E-state index contributed by atoms with van der Waals surface area (Å²) in [5, 5.41) is 11.7. The van der Waals surface area contributed by atoms with Gasteiger partial charge in [0.2, 0.25) is 5.91 Å². The first-order valence-electron chi connectivity index (χ1n) is 6.03. The highest BCUT2D eigenvalue weighted by molar-refractivity contribution is 6.02. The van der Waals surface area contributed by atoms with Crippen LogP contribution < -0.4 is 11.1 Å². The van der Waals surface area contributed by atoms with E-state index in [1.807, 2.05) is 20.8 Å². The Balaban J connectivity index is 3.00. The molecule has 5 nitrogen and oxygen atoms in total. The van der Waals surface area contributed by atoms with Crippen LogP contribution in [0.5, 0.6) is 0 Å². The predicted octanol–water partition coefficient (Wildman–Crippen LogP) is 2.01. The normalized spacial score (nSPS) is 12.9. The molecular weight excluding hydrogens is 244 g/mol. The molecule has 0 aliphatic rings. The van der Waals surface area contributed by atoms with Gasteiger partial charge in [0.1, 0.15) is 0 Å². The fourth-order valence-electron chi connectivity index (χ4n) is 1.55. The smallest absolute Gasteiger partial charge is 0.337 e. The van der Waals surface area contributed by atoms with Gasteiger partial charge in [-0.15, -0.1) is 0 Å². The van der Waals surface area contributed by atoms with E-state index < -0.39 is 17.4 Å². The van der Waals surface area contributed by atoms with Gasteiger partial charge in [-0.2, -0.15) is 0 Å². The molecular formula is C14H20N2O3. The molecule has 1 amide bonds. The summed E-state index contributed by atoms with van der Waals surface area (Å²) in [5.41, 5.74) is 6.59. The number of hydrogen-bond acceptors (Lipinski definition) is 3. The minimum Gasteiger partial charge on any atom is -0.478 e. The van der Waals surface area contributed by atoms with Crippen LogP contribution in [0, 0.1) is 12.3 Å². The molecule has 1 aromatic rings. The molecule has 0 spiro atoms. The molecule has 19 heavy (non-hydrogen) atoms. The summed E-state index contributed by atoms with van der Waals surface area (Å²) >= 11 is 0. The van der Waals surface area contributed by atoms with E-state index in [2.05, 4.69) is 5.32 Å². The summed E-state index contributed by atoms with van der Waals surface area (Å²) in [4.78, 5) is 23.1. The van der Waals surface area contributed by atoms with E-state index in [0.29, 0.717) is 0 Å². The number of carboxylic acid groups (broad SMARTS) is 1. The number of carboxylic acids is 1. The molecule has 0 fully saturated rings. The summed E-state index contributed by atoms with van der Waals surface area (Å²) in [6.07, 6.45) is 0. The number of carbonyl (C=O) groups excluding carboxylic acids is 1. The lowest BCUT2D eigenvalue weighted by Crippen LogP contribution is -2.45. The van der Waals surface area contributed by atoms with E-state index in [1.54, 1.807) is 19.1 Å². The van der Waals surface area contributed by atoms with Crippen molar-refractivity contribution in [2.75, 3.05) is 5.32 Å². The second kappa shape index (κ2) is 5.40. The number of amides is 1. The molecule has 5 heteroatoms. The van der Waals surface area contributed by atoms with Crippen LogP contribution in [0.1, 0.15) is 36.7 Å².